The highest BCUT2D eigenvalue weighted by atomic mass is 35.5. The van der Waals surface area contributed by atoms with Crippen molar-refractivity contribution in [2.75, 3.05) is 36.4 Å². The maximum atomic E-state index is 12.6. The van der Waals surface area contributed by atoms with E-state index in [1.807, 2.05) is 50.2 Å². The number of carbonyl (C=O) groups excluding carboxylic acids is 1. The van der Waals surface area contributed by atoms with Gasteiger partial charge < -0.3 is 10.2 Å². The molecule has 0 aliphatic carbocycles. The van der Waals surface area contributed by atoms with E-state index in [2.05, 4.69) is 21.2 Å². The molecule has 1 aliphatic heterocycles. The third-order valence-corrected chi connectivity index (χ3v) is 5.58. The number of benzene rings is 2. The minimum absolute atomic E-state index is 0.00780. The third kappa shape index (κ3) is 4.32. The molecule has 6 heteroatoms. The Morgan fingerprint density at radius 2 is 1.77 bits per heavy atom. The highest BCUT2D eigenvalue weighted by Gasteiger charge is 2.26. The number of amides is 1. The van der Waals surface area contributed by atoms with Crippen LogP contribution in [0, 0.1) is 6.92 Å². The molecular weight excluding hydrogens is 369 g/mol. The molecule has 0 unspecified atom stereocenters. The van der Waals surface area contributed by atoms with E-state index in [9.17, 15) is 4.79 Å². The first-order chi connectivity index (χ1) is 12.5. The molecule has 0 spiro atoms. The van der Waals surface area contributed by atoms with Gasteiger partial charge in [-0.1, -0.05) is 35.3 Å². The molecular formula is C20H23Cl2N3O. The fourth-order valence-electron chi connectivity index (χ4n) is 3.19. The second-order valence-corrected chi connectivity index (χ2v) is 7.42. The molecule has 0 saturated carbocycles. The topological polar surface area (TPSA) is 35.6 Å². The Morgan fingerprint density at radius 1 is 1.08 bits per heavy atom. The number of halogens is 2. The SMILES string of the molecule is Cc1c(Cl)cccc1NC(=O)[C@@H](C)N1CCN(c2cccc(Cl)c2)CC1. The van der Waals surface area contributed by atoms with Gasteiger partial charge in [-0.25, -0.2) is 0 Å². The van der Waals surface area contributed by atoms with Crippen molar-refractivity contribution < 1.29 is 4.79 Å². The summed E-state index contributed by atoms with van der Waals surface area (Å²) < 4.78 is 0. The number of carbonyl (C=O) groups is 1. The summed E-state index contributed by atoms with van der Waals surface area (Å²) in [5.74, 6) is -0.00780. The van der Waals surface area contributed by atoms with Crippen LogP contribution in [0.3, 0.4) is 0 Å². The lowest BCUT2D eigenvalue weighted by Gasteiger charge is -2.38. The van der Waals surface area contributed by atoms with Crippen molar-refractivity contribution in [2.24, 2.45) is 0 Å². The Morgan fingerprint density at radius 3 is 2.46 bits per heavy atom. The number of anilines is 2. The maximum Gasteiger partial charge on any atom is 0.241 e. The minimum Gasteiger partial charge on any atom is -0.369 e. The van der Waals surface area contributed by atoms with Crippen LogP contribution < -0.4 is 10.2 Å². The van der Waals surface area contributed by atoms with Crippen molar-refractivity contribution in [1.82, 2.24) is 4.90 Å². The smallest absolute Gasteiger partial charge is 0.241 e. The van der Waals surface area contributed by atoms with Gasteiger partial charge in [0.15, 0.2) is 0 Å². The quantitative estimate of drug-likeness (QED) is 0.835. The Kier molecular flexibility index (Phi) is 6.07. The summed E-state index contributed by atoms with van der Waals surface area (Å²) in [4.78, 5) is 17.1. The van der Waals surface area contributed by atoms with Crippen LogP contribution in [0.2, 0.25) is 10.0 Å². The molecule has 2 aromatic rings. The Labute approximate surface area is 164 Å². The van der Waals surface area contributed by atoms with Gasteiger partial charge in [-0.15, -0.1) is 0 Å². The summed E-state index contributed by atoms with van der Waals surface area (Å²) >= 11 is 12.2. The van der Waals surface area contributed by atoms with E-state index >= 15 is 0 Å². The van der Waals surface area contributed by atoms with E-state index in [0.29, 0.717) is 5.02 Å². The highest BCUT2D eigenvalue weighted by Crippen LogP contribution is 2.24. The van der Waals surface area contributed by atoms with E-state index in [0.717, 1.165) is 48.1 Å². The average Bonchev–Trinajstić information content (AvgIpc) is 2.65. The van der Waals surface area contributed by atoms with Crippen LogP contribution in [0.4, 0.5) is 11.4 Å². The molecule has 1 heterocycles. The van der Waals surface area contributed by atoms with Crippen LogP contribution >= 0.6 is 23.2 Å². The summed E-state index contributed by atoms with van der Waals surface area (Å²) in [6.07, 6.45) is 0. The zero-order valence-electron chi connectivity index (χ0n) is 15.0. The van der Waals surface area contributed by atoms with E-state index in [-0.39, 0.29) is 11.9 Å². The fraction of sp³-hybridized carbons (Fsp3) is 0.350. The Bertz CT molecular complexity index is 788. The number of hydrogen-bond acceptors (Lipinski definition) is 3. The van der Waals surface area contributed by atoms with E-state index in [1.54, 1.807) is 0 Å². The van der Waals surface area contributed by atoms with Crippen molar-refractivity contribution in [1.29, 1.82) is 0 Å². The summed E-state index contributed by atoms with van der Waals surface area (Å²) in [7, 11) is 0. The summed E-state index contributed by atoms with van der Waals surface area (Å²) in [5.41, 5.74) is 2.79. The molecule has 2 aromatic carbocycles. The Hall–Kier alpha value is -1.75. The lowest BCUT2D eigenvalue weighted by atomic mass is 10.1. The number of piperazine rings is 1. The lowest BCUT2D eigenvalue weighted by Crippen LogP contribution is -2.52. The molecule has 1 saturated heterocycles. The van der Waals surface area contributed by atoms with E-state index in [4.69, 9.17) is 23.2 Å². The molecule has 4 nitrogen and oxygen atoms in total. The van der Waals surface area contributed by atoms with Gasteiger partial charge >= 0.3 is 0 Å². The van der Waals surface area contributed by atoms with Gasteiger partial charge in [0.1, 0.15) is 0 Å². The number of hydrogen-bond donors (Lipinski definition) is 1. The van der Waals surface area contributed by atoms with Crippen LogP contribution in [0.15, 0.2) is 42.5 Å². The summed E-state index contributed by atoms with van der Waals surface area (Å²) in [6, 6.07) is 13.2. The summed E-state index contributed by atoms with van der Waals surface area (Å²) in [6.45, 7) is 7.25. The van der Waals surface area contributed by atoms with E-state index in [1.165, 1.54) is 0 Å². The van der Waals surface area contributed by atoms with E-state index < -0.39 is 0 Å². The number of nitrogens with zero attached hydrogens (tertiary/aromatic N) is 2. The van der Waals surface area contributed by atoms with Crippen molar-refractivity contribution in [3.63, 3.8) is 0 Å². The molecule has 1 aliphatic rings. The molecule has 1 atom stereocenters. The van der Waals surface area contributed by atoms with Gasteiger partial charge in [-0.05, 0) is 49.7 Å². The second kappa shape index (κ2) is 8.30. The summed E-state index contributed by atoms with van der Waals surface area (Å²) in [5, 5.41) is 4.41. The molecule has 0 aromatic heterocycles. The van der Waals surface area contributed by atoms with Gasteiger partial charge in [0.25, 0.3) is 0 Å². The molecule has 26 heavy (non-hydrogen) atoms. The number of nitrogens with one attached hydrogen (secondary N) is 1. The molecule has 1 amide bonds. The molecule has 138 valence electrons. The predicted molar refractivity (Wildman–Crippen MR) is 110 cm³/mol. The van der Waals surface area contributed by atoms with Gasteiger partial charge in [0.05, 0.1) is 6.04 Å². The van der Waals surface area contributed by atoms with Crippen LogP contribution in [0.5, 0.6) is 0 Å². The predicted octanol–water partition coefficient (Wildman–Crippen LogP) is 4.45. The van der Waals surface area contributed by atoms with Crippen molar-refractivity contribution in [3.05, 3.63) is 58.1 Å². The largest absolute Gasteiger partial charge is 0.369 e. The molecule has 0 bridgehead atoms. The molecule has 3 rings (SSSR count). The van der Waals surface area contributed by atoms with Crippen LogP contribution in [-0.4, -0.2) is 43.0 Å². The van der Waals surface area contributed by atoms with Crippen LogP contribution in [0.1, 0.15) is 12.5 Å². The minimum atomic E-state index is -0.199. The van der Waals surface area contributed by atoms with Gasteiger partial charge in [-0.3, -0.25) is 9.69 Å². The Balaban J connectivity index is 1.58. The van der Waals surface area contributed by atoms with Crippen LogP contribution in [0.25, 0.3) is 0 Å². The van der Waals surface area contributed by atoms with Crippen LogP contribution in [-0.2, 0) is 4.79 Å². The van der Waals surface area contributed by atoms with Crippen molar-refractivity contribution >= 4 is 40.5 Å². The normalized spacial score (nSPS) is 16.4. The first kappa shape index (κ1) is 19.0. The van der Waals surface area contributed by atoms with Crippen molar-refractivity contribution in [3.8, 4) is 0 Å². The average molecular weight is 392 g/mol. The zero-order chi connectivity index (χ0) is 18.7. The monoisotopic (exact) mass is 391 g/mol. The lowest BCUT2D eigenvalue weighted by molar-refractivity contribution is -0.120. The van der Waals surface area contributed by atoms with Crippen molar-refractivity contribution in [2.45, 2.75) is 19.9 Å². The molecule has 0 radical (unpaired) electrons. The van der Waals surface area contributed by atoms with Gasteiger partial charge in [-0.2, -0.15) is 0 Å². The first-order valence-corrected chi connectivity index (χ1v) is 9.52. The van der Waals surface area contributed by atoms with Gasteiger partial charge in [0.2, 0.25) is 5.91 Å². The maximum absolute atomic E-state index is 12.6. The zero-order valence-corrected chi connectivity index (χ0v) is 16.5. The molecule has 1 N–H and O–H groups in total. The first-order valence-electron chi connectivity index (χ1n) is 8.76. The standard InChI is InChI=1S/C20H23Cl2N3O/c1-14-18(22)7-4-8-19(14)23-20(26)15(2)24-9-11-25(12-10-24)17-6-3-5-16(21)13-17/h3-8,13,15H,9-12H2,1-2H3,(H,23,26)/t15-/m1/s1. The molecule has 1 fully saturated rings. The van der Waals surface area contributed by atoms with Gasteiger partial charge in [0, 0.05) is 47.6 Å². The number of rotatable bonds is 4. The highest BCUT2D eigenvalue weighted by molar-refractivity contribution is 6.31. The fourth-order valence-corrected chi connectivity index (χ4v) is 3.55. The third-order valence-electron chi connectivity index (χ3n) is 4.94. The second-order valence-electron chi connectivity index (χ2n) is 6.58.